The maximum Gasteiger partial charge on any atom is 0.311 e. The van der Waals surface area contributed by atoms with Crippen molar-refractivity contribution in [2.75, 3.05) is 19.8 Å². The molecule has 3 atom stereocenters. The predicted molar refractivity (Wildman–Crippen MR) is 68.8 cm³/mol. The Bertz CT molecular complexity index is 329. The second-order valence-corrected chi connectivity index (χ2v) is 5.34. The highest BCUT2D eigenvalue weighted by Crippen LogP contribution is 2.15. The smallest absolute Gasteiger partial charge is 0.311 e. The minimum Gasteiger partial charge on any atom is -0.481 e. The minimum atomic E-state index is -0.906. The van der Waals surface area contributed by atoms with E-state index in [1.54, 1.807) is 0 Å². The third-order valence-corrected chi connectivity index (χ3v) is 3.88. The van der Waals surface area contributed by atoms with E-state index in [1.807, 2.05) is 0 Å². The monoisotopic (exact) mass is 270 g/mol. The van der Waals surface area contributed by atoms with Crippen LogP contribution in [0.5, 0.6) is 0 Å². The highest BCUT2D eigenvalue weighted by molar-refractivity contribution is 5.78. The molecule has 108 valence electrons. The van der Waals surface area contributed by atoms with Gasteiger partial charge in [0.15, 0.2) is 0 Å². The van der Waals surface area contributed by atoms with E-state index < -0.39 is 11.9 Å². The van der Waals surface area contributed by atoms with Crippen LogP contribution in [0.15, 0.2) is 0 Å². The van der Waals surface area contributed by atoms with Gasteiger partial charge in [-0.2, -0.15) is 0 Å². The Labute approximate surface area is 112 Å². The molecule has 6 heteroatoms. The molecule has 6 nitrogen and oxygen atoms in total. The van der Waals surface area contributed by atoms with Crippen LogP contribution in [0.25, 0.3) is 0 Å². The largest absolute Gasteiger partial charge is 0.481 e. The van der Waals surface area contributed by atoms with Gasteiger partial charge in [-0.25, -0.2) is 0 Å². The summed E-state index contributed by atoms with van der Waals surface area (Å²) in [5, 5.41) is 15.2. The molecule has 2 rings (SSSR count). The Morgan fingerprint density at radius 3 is 2.84 bits per heavy atom. The zero-order valence-corrected chi connectivity index (χ0v) is 11.1. The first-order valence-corrected chi connectivity index (χ1v) is 7.00. The van der Waals surface area contributed by atoms with Crippen LogP contribution in [0.4, 0.5) is 0 Å². The van der Waals surface area contributed by atoms with Crippen molar-refractivity contribution in [2.24, 2.45) is 5.92 Å². The first-order valence-electron chi connectivity index (χ1n) is 7.00. The average Bonchev–Trinajstić information content (AvgIpc) is 2.86. The molecule has 0 aromatic carbocycles. The number of amides is 1. The van der Waals surface area contributed by atoms with Gasteiger partial charge in [-0.15, -0.1) is 0 Å². The van der Waals surface area contributed by atoms with Crippen molar-refractivity contribution in [3.8, 4) is 0 Å². The van der Waals surface area contributed by atoms with Crippen molar-refractivity contribution in [2.45, 2.75) is 44.2 Å². The van der Waals surface area contributed by atoms with Gasteiger partial charge in [0.25, 0.3) is 0 Å². The lowest BCUT2D eigenvalue weighted by atomic mass is 10.00. The molecule has 3 unspecified atom stereocenters. The first kappa shape index (κ1) is 14.3. The van der Waals surface area contributed by atoms with Gasteiger partial charge in [-0.3, -0.25) is 9.59 Å². The summed E-state index contributed by atoms with van der Waals surface area (Å²) in [4.78, 5) is 22.8. The van der Waals surface area contributed by atoms with E-state index in [4.69, 9.17) is 9.84 Å². The summed E-state index contributed by atoms with van der Waals surface area (Å²) in [6.07, 6.45) is 4.81. The fraction of sp³-hybridized carbons (Fsp3) is 0.846. The number of carboxylic acid groups (broad SMARTS) is 1. The van der Waals surface area contributed by atoms with Gasteiger partial charge in [0, 0.05) is 12.5 Å². The van der Waals surface area contributed by atoms with Gasteiger partial charge in [-0.1, -0.05) is 6.42 Å². The predicted octanol–water partition coefficient (Wildman–Crippen LogP) is 0.125. The standard InChI is InChI=1S/C13H22N2O4/c16-12(5-4-9-3-1-2-6-14-9)15-11-8-19-7-10(11)13(17)18/h9-11,14H,1-8H2,(H,15,16)(H,17,18). The van der Waals surface area contributed by atoms with E-state index in [0.717, 1.165) is 19.4 Å². The van der Waals surface area contributed by atoms with Crippen molar-refractivity contribution in [1.82, 2.24) is 10.6 Å². The highest BCUT2D eigenvalue weighted by Gasteiger charge is 2.34. The lowest BCUT2D eigenvalue weighted by Crippen LogP contribution is -2.43. The molecular weight excluding hydrogens is 248 g/mol. The van der Waals surface area contributed by atoms with Gasteiger partial charge in [0.2, 0.25) is 5.91 Å². The van der Waals surface area contributed by atoms with Crippen molar-refractivity contribution in [1.29, 1.82) is 0 Å². The second-order valence-electron chi connectivity index (χ2n) is 5.34. The number of hydrogen-bond acceptors (Lipinski definition) is 4. The number of nitrogens with one attached hydrogen (secondary N) is 2. The molecule has 2 heterocycles. The zero-order valence-electron chi connectivity index (χ0n) is 11.1. The lowest BCUT2D eigenvalue weighted by Gasteiger charge is -2.23. The second kappa shape index (κ2) is 6.86. The molecule has 0 radical (unpaired) electrons. The Morgan fingerprint density at radius 1 is 1.32 bits per heavy atom. The molecule has 0 aromatic rings. The van der Waals surface area contributed by atoms with Crippen LogP contribution >= 0.6 is 0 Å². The fourth-order valence-electron chi connectivity index (χ4n) is 2.69. The molecular formula is C13H22N2O4. The van der Waals surface area contributed by atoms with Crippen molar-refractivity contribution >= 4 is 11.9 Å². The molecule has 0 spiro atoms. The number of piperidine rings is 1. The van der Waals surface area contributed by atoms with Crippen LogP contribution in [-0.4, -0.2) is 48.8 Å². The molecule has 0 aromatic heterocycles. The maximum absolute atomic E-state index is 11.8. The summed E-state index contributed by atoms with van der Waals surface area (Å²) >= 11 is 0. The van der Waals surface area contributed by atoms with Crippen LogP contribution < -0.4 is 10.6 Å². The Morgan fingerprint density at radius 2 is 2.16 bits per heavy atom. The molecule has 2 saturated heterocycles. The van der Waals surface area contributed by atoms with Crippen LogP contribution in [0.3, 0.4) is 0 Å². The molecule has 3 N–H and O–H groups in total. The van der Waals surface area contributed by atoms with E-state index in [0.29, 0.717) is 19.1 Å². The number of rotatable bonds is 5. The molecule has 2 aliphatic rings. The van der Waals surface area contributed by atoms with E-state index in [2.05, 4.69) is 10.6 Å². The number of carbonyl (C=O) groups excluding carboxylic acids is 1. The number of carboxylic acids is 1. The third kappa shape index (κ3) is 4.18. The molecule has 0 bridgehead atoms. The molecule has 2 aliphatic heterocycles. The van der Waals surface area contributed by atoms with E-state index in [1.165, 1.54) is 12.8 Å². The van der Waals surface area contributed by atoms with Crippen LogP contribution in [0.2, 0.25) is 0 Å². The third-order valence-electron chi connectivity index (χ3n) is 3.88. The van der Waals surface area contributed by atoms with Crippen LogP contribution in [0.1, 0.15) is 32.1 Å². The number of carbonyl (C=O) groups is 2. The van der Waals surface area contributed by atoms with Crippen LogP contribution in [-0.2, 0) is 14.3 Å². The molecule has 2 fully saturated rings. The van der Waals surface area contributed by atoms with Gasteiger partial charge in [0.1, 0.15) is 5.92 Å². The summed E-state index contributed by atoms with van der Waals surface area (Å²) < 4.78 is 5.12. The van der Waals surface area contributed by atoms with Gasteiger partial charge < -0.3 is 20.5 Å². The summed E-state index contributed by atoms with van der Waals surface area (Å²) in [7, 11) is 0. The van der Waals surface area contributed by atoms with E-state index >= 15 is 0 Å². The minimum absolute atomic E-state index is 0.0749. The summed E-state index contributed by atoms with van der Waals surface area (Å²) in [6, 6.07) is 0.0407. The quantitative estimate of drug-likeness (QED) is 0.660. The molecule has 1 amide bonds. The number of hydrogen-bond donors (Lipinski definition) is 3. The summed E-state index contributed by atoms with van der Waals surface area (Å²) in [5.41, 5.74) is 0. The molecule has 0 saturated carbocycles. The topological polar surface area (TPSA) is 87.7 Å². The maximum atomic E-state index is 11.8. The fourth-order valence-corrected chi connectivity index (χ4v) is 2.69. The van der Waals surface area contributed by atoms with E-state index in [-0.39, 0.29) is 18.6 Å². The SMILES string of the molecule is O=C(CCC1CCCCN1)NC1COCC1C(=O)O. The zero-order chi connectivity index (χ0) is 13.7. The van der Waals surface area contributed by atoms with Crippen LogP contribution in [0, 0.1) is 5.92 Å². The van der Waals surface area contributed by atoms with Crippen molar-refractivity contribution in [3.63, 3.8) is 0 Å². The summed E-state index contributed by atoms with van der Waals surface area (Å²) in [6.45, 7) is 1.51. The molecule has 19 heavy (non-hydrogen) atoms. The first-order chi connectivity index (χ1) is 9.16. The Kier molecular flexibility index (Phi) is 5.15. The van der Waals surface area contributed by atoms with Gasteiger partial charge in [0.05, 0.1) is 19.3 Å². The average molecular weight is 270 g/mol. The Hall–Kier alpha value is -1.14. The van der Waals surface area contributed by atoms with Crippen molar-refractivity contribution < 1.29 is 19.4 Å². The lowest BCUT2D eigenvalue weighted by molar-refractivity contribution is -0.142. The highest BCUT2D eigenvalue weighted by atomic mass is 16.5. The van der Waals surface area contributed by atoms with Gasteiger partial charge >= 0.3 is 5.97 Å². The Balaban J connectivity index is 1.70. The van der Waals surface area contributed by atoms with Gasteiger partial charge in [-0.05, 0) is 25.8 Å². The number of ether oxygens (including phenoxy) is 1. The number of aliphatic carboxylic acids is 1. The van der Waals surface area contributed by atoms with Crippen molar-refractivity contribution in [3.05, 3.63) is 0 Å². The normalized spacial score (nSPS) is 31.1. The summed E-state index contributed by atoms with van der Waals surface area (Å²) in [5.74, 6) is -1.59. The molecule has 0 aliphatic carbocycles. The van der Waals surface area contributed by atoms with E-state index in [9.17, 15) is 9.59 Å².